The molecule has 0 atom stereocenters. The van der Waals surface area contributed by atoms with E-state index in [-0.39, 0.29) is 57.5 Å². The Hall–Kier alpha value is -8.83. The van der Waals surface area contributed by atoms with Gasteiger partial charge < -0.3 is 4.57 Å². The molecule has 0 N–H and O–H groups in total. The molecule has 0 amide bonds. The van der Waals surface area contributed by atoms with Crippen LogP contribution in [0.15, 0.2) is 194 Å². The standard InChI is InChI=1S/C61H32F12N4S/c62-58(63,64)41-23-39(24-42(31-41)59(65,66)67)36-15-19-45-46-20-16-37(40-25-43(60(68,69)70)32-44(26-40)61(71,72)73)29-52(46)77(51(45)28-36)50-22-18-35(38-17-21-48-47-13-7-8-14-53(47)78-54(48)30-38)27-49(50)57-75-55(33-9-3-1-4-10-33)74-56(76-57)34-11-5-2-6-12-34/h1-32H. The highest BCUT2D eigenvalue weighted by Crippen LogP contribution is 2.46. The Kier molecular flexibility index (Phi) is 11.8. The van der Waals surface area contributed by atoms with Crippen molar-refractivity contribution in [2.45, 2.75) is 24.7 Å². The molecule has 12 rings (SSSR count). The minimum Gasteiger partial charge on any atom is -0.308 e. The summed E-state index contributed by atoms with van der Waals surface area (Å²) in [5, 5.41) is 2.84. The zero-order valence-electron chi connectivity index (χ0n) is 39.7. The van der Waals surface area contributed by atoms with E-state index in [1.807, 2.05) is 60.7 Å². The third kappa shape index (κ3) is 9.26. The molecule has 12 aromatic rings. The Bertz CT molecular complexity index is 4070. The van der Waals surface area contributed by atoms with Gasteiger partial charge in [-0.25, -0.2) is 15.0 Å². The number of halogens is 12. The van der Waals surface area contributed by atoms with Crippen molar-refractivity contribution in [3.63, 3.8) is 0 Å². The highest BCUT2D eigenvalue weighted by molar-refractivity contribution is 7.25. The summed E-state index contributed by atoms with van der Waals surface area (Å²) in [6, 6.07) is 48.2. The number of nitrogens with zero attached hydrogens (tertiary/aromatic N) is 4. The summed E-state index contributed by atoms with van der Waals surface area (Å²) < 4.78 is 176. The fraction of sp³-hybridized carbons (Fsp3) is 0.0656. The lowest BCUT2D eigenvalue weighted by molar-refractivity contribution is -0.144. The fourth-order valence-electron chi connectivity index (χ4n) is 9.80. The molecule has 0 saturated carbocycles. The molecule has 3 heterocycles. The van der Waals surface area contributed by atoms with Gasteiger partial charge in [-0.2, -0.15) is 52.7 Å². The Labute approximate surface area is 438 Å². The molecule has 0 aliphatic heterocycles. The van der Waals surface area contributed by atoms with E-state index in [2.05, 4.69) is 0 Å². The number of thiophene rings is 1. The Morgan fingerprint density at radius 1 is 0.295 bits per heavy atom. The second-order valence-electron chi connectivity index (χ2n) is 18.5. The van der Waals surface area contributed by atoms with Crippen LogP contribution in [0.2, 0.25) is 0 Å². The number of fused-ring (bicyclic) bond motifs is 6. The summed E-state index contributed by atoms with van der Waals surface area (Å²) in [5.74, 6) is 0.610. The first kappa shape index (κ1) is 50.0. The molecular formula is C61H32F12N4S. The van der Waals surface area contributed by atoms with E-state index in [1.54, 1.807) is 76.6 Å². The molecule has 3 aromatic heterocycles. The van der Waals surface area contributed by atoms with Crippen LogP contribution in [0.4, 0.5) is 52.7 Å². The molecule has 0 spiro atoms. The second-order valence-corrected chi connectivity index (χ2v) is 19.6. The van der Waals surface area contributed by atoms with Crippen LogP contribution in [0.3, 0.4) is 0 Å². The normalized spacial score (nSPS) is 12.6. The maximum atomic E-state index is 14.3. The summed E-state index contributed by atoms with van der Waals surface area (Å²) in [5.41, 5.74) is -3.66. The molecule has 4 nitrogen and oxygen atoms in total. The van der Waals surface area contributed by atoms with Crippen LogP contribution in [0, 0.1) is 0 Å². The maximum absolute atomic E-state index is 14.3. The quantitative estimate of drug-likeness (QED) is 0.149. The summed E-state index contributed by atoms with van der Waals surface area (Å²) in [4.78, 5) is 15.0. The third-order valence-electron chi connectivity index (χ3n) is 13.5. The topological polar surface area (TPSA) is 43.6 Å². The molecule has 0 radical (unpaired) electrons. The molecule has 386 valence electrons. The van der Waals surface area contributed by atoms with Gasteiger partial charge in [-0.05, 0) is 106 Å². The van der Waals surface area contributed by atoms with Gasteiger partial charge >= 0.3 is 24.7 Å². The first-order valence-corrected chi connectivity index (χ1v) is 24.6. The molecule has 17 heteroatoms. The molecule has 0 unspecified atom stereocenters. The second kappa shape index (κ2) is 18.4. The summed E-state index contributed by atoms with van der Waals surface area (Å²) in [6.45, 7) is 0. The van der Waals surface area contributed by atoms with Gasteiger partial charge in [0.05, 0.1) is 39.0 Å². The van der Waals surface area contributed by atoms with Crippen molar-refractivity contribution in [1.29, 1.82) is 0 Å². The predicted octanol–water partition coefficient (Wildman–Crippen LogP) is 19.4. The van der Waals surface area contributed by atoms with Gasteiger partial charge in [0.15, 0.2) is 17.5 Å². The lowest BCUT2D eigenvalue weighted by Crippen LogP contribution is -2.11. The number of hydrogen-bond acceptors (Lipinski definition) is 4. The fourth-order valence-corrected chi connectivity index (χ4v) is 10.9. The molecule has 9 aromatic carbocycles. The van der Waals surface area contributed by atoms with Crippen LogP contribution < -0.4 is 0 Å². The molecular weight excluding hydrogens is 1050 g/mol. The van der Waals surface area contributed by atoms with Crippen molar-refractivity contribution in [1.82, 2.24) is 19.5 Å². The third-order valence-corrected chi connectivity index (χ3v) is 14.6. The van der Waals surface area contributed by atoms with Crippen LogP contribution in [0.1, 0.15) is 22.3 Å². The van der Waals surface area contributed by atoms with Gasteiger partial charge in [0.25, 0.3) is 0 Å². The Morgan fingerprint density at radius 2 is 0.679 bits per heavy atom. The van der Waals surface area contributed by atoms with Crippen molar-refractivity contribution in [3.05, 3.63) is 216 Å². The van der Waals surface area contributed by atoms with Gasteiger partial charge in [0.1, 0.15) is 0 Å². The van der Waals surface area contributed by atoms with Crippen LogP contribution >= 0.6 is 11.3 Å². The lowest BCUT2D eigenvalue weighted by atomic mass is 9.97. The molecule has 0 bridgehead atoms. The van der Waals surface area contributed by atoms with E-state index < -0.39 is 58.1 Å². The minimum atomic E-state index is -5.18. The molecule has 0 aliphatic carbocycles. The molecule has 78 heavy (non-hydrogen) atoms. The highest BCUT2D eigenvalue weighted by atomic mass is 32.1. The molecule has 0 aliphatic rings. The Balaban J connectivity index is 1.18. The van der Waals surface area contributed by atoms with E-state index in [0.717, 1.165) is 25.7 Å². The van der Waals surface area contributed by atoms with E-state index >= 15 is 0 Å². The highest BCUT2D eigenvalue weighted by Gasteiger charge is 2.39. The summed E-state index contributed by atoms with van der Waals surface area (Å²) in [6.07, 6.45) is -20.7. The zero-order valence-corrected chi connectivity index (χ0v) is 40.5. The van der Waals surface area contributed by atoms with Crippen molar-refractivity contribution < 1.29 is 52.7 Å². The smallest absolute Gasteiger partial charge is 0.308 e. The number of rotatable bonds is 7. The van der Waals surface area contributed by atoms with Gasteiger partial charge in [-0.3, -0.25) is 0 Å². The minimum absolute atomic E-state index is 0.0208. The first-order valence-electron chi connectivity index (χ1n) is 23.8. The zero-order chi connectivity index (χ0) is 54.5. The number of alkyl halides is 12. The van der Waals surface area contributed by atoms with Crippen molar-refractivity contribution in [3.8, 4) is 73.2 Å². The van der Waals surface area contributed by atoms with Crippen molar-refractivity contribution in [2.24, 2.45) is 0 Å². The van der Waals surface area contributed by atoms with E-state index in [4.69, 9.17) is 15.0 Å². The van der Waals surface area contributed by atoms with Crippen molar-refractivity contribution in [2.75, 3.05) is 0 Å². The molecule has 0 saturated heterocycles. The average Bonchev–Trinajstić information content (AvgIpc) is 4.20. The van der Waals surface area contributed by atoms with E-state index in [9.17, 15) is 52.7 Å². The van der Waals surface area contributed by atoms with Gasteiger partial charge in [-0.15, -0.1) is 11.3 Å². The first-order chi connectivity index (χ1) is 37.1. The number of benzene rings is 9. The van der Waals surface area contributed by atoms with Crippen molar-refractivity contribution >= 4 is 53.3 Å². The Morgan fingerprint density at radius 3 is 1.15 bits per heavy atom. The van der Waals surface area contributed by atoms with Gasteiger partial charge in [0, 0.05) is 47.6 Å². The van der Waals surface area contributed by atoms with Crippen LogP contribution in [-0.2, 0) is 24.7 Å². The summed E-state index contributed by atoms with van der Waals surface area (Å²) in [7, 11) is 0. The van der Waals surface area contributed by atoms with E-state index in [0.29, 0.717) is 57.3 Å². The summed E-state index contributed by atoms with van der Waals surface area (Å²) >= 11 is 1.60. The maximum Gasteiger partial charge on any atom is 0.416 e. The SMILES string of the molecule is FC(F)(F)c1cc(-c2ccc3c4ccc(-c5cc(C(F)(F)F)cc(C(F)(F)F)c5)cc4n(-c4ccc(-c5ccc6c(c5)sc5ccccc56)cc4-c4nc(-c5ccccc5)nc(-c5ccccc5)n4)c3c2)cc(C(F)(F)F)c1. The van der Waals surface area contributed by atoms with Gasteiger partial charge in [0.2, 0.25) is 0 Å². The van der Waals surface area contributed by atoms with Gasteiger partial charge in [-0.1, -0.05) is 121 Å². The number of aromatic nitrogens is 4. The predicted molar refractivity (Wildman–Crippen MR) is 280 cm³/mol. The van der Waals surface area contributed by atoms with Crippen LogP contribution in [0.25, 0.3) is 115 Å². The lowest BCUT2D eigenvalue weighted by Gasteiger charge is -2.18. The number of hydrogen-bond donors (Lipinski definition) is 0. The monoisotopic (exact) mass is 1080 g/mol. The van der Waals surface area contributed by atoms with Crippen LogP contribution in [0.5, 0.6) is 0 Å². The molecule has 0 fully saturated rings. The van der Waals surface area contributed by atoms with E-state index in [1.165, 1.54) is 36.4 Å². The largest absolute Gasteiger partial charge is 0.416 e. The van der Waals surface area contributed by atoms with Crippen LogP contribution in [-0.4, -0.2) is 19.5 Å². The average molecular weight is 1080 g/mol.